The minimum absolute atomic E-state index is 0.0442. The molecule has 1 amide bonds. The van der Waals surface area contributed by atoms with E-state index in [0.29, 0.717) is 5.92 Å². The van der Waals surface area contributed by atoms with Crippen LogP contribution in [-0.2, 0) is 0 Å². The first-order valence-corrected chi connectivity index (χ1v) is 8.08. The minimum Gasteiger partial charge on any atom is -0.349 e. The highest BCUT2D eigenvalue weighted by atomic mass is 35.5. The Balaban J connectivity index is 1.69. The molecule has 2 saturated carbocycles. The lowest BCUT2D eigenvalue weighted by Gasteiger charge is -2.28. The van der Waals surface area contributed by atoms with Crippen molar-refractivity contribution in [2.24, 2.45) is 17.8 Å². The summed E-state index contributed by atoms with van der Waals surface area (Å²) in [5.74, 6) is 1.81. The highest BCUT2D eigenvalue weighted by Crippen LogP contribution is 2.49. The monoisotopic (exact) mass is 322 g/mol. The second-order valence-electron chi connectivity index (χ2n) is 6.52. The zero-order chi connectivity index (χ0) is 15.9. The van der Waals surface area contributed by atoms with Gasteiger partial charge in [-0.3, -0.25) is 14.9 Å². The van der Waals surface area contributed by atoms with E-state index < -0.39 is 4.92 Å². The van der Waals surface area contributed by atoms with Gasteiger partial charge in [0, 0.05) is 17.7 Å². The number of fused-ring (bicyclic) bond motifs is 2. The highest BCUT2D eigenvalue weighted by Gasteiger charge is 2.42. The Hall–Kier alpha value is -1.62. The molecule has 0 aromatic heterocycles. The quantitative estimate of drug-likeness (QED) is 0.677. The molecule has 2 aliphatic carbocycles. The summed E-state index contributed by atoms with van der Waals surface area (Å²) in [6, 6.07) is 4.26. The van der Waals surface area contributed by atoms with Crippen LogP contribution >= 0.6 is 11.6 Å². The first kappa shape index (κ1) is 15.3. The first-order valence-electron chi connectivity index (χ1n) is 7.70. The molecule has 3 rings (SSSR count). The molecule has 0 aliphatic heterocycles. The van der Waals surface area contributed by atoms with Crippen molar-refractivity contribution >= 4 is 23.2 Å². The zero-order valence-corrected chi connectivity index (χ0v) is 13.2. The molecule has 1 aromatic carbocycles. The average Bonchev–Trinajstić information content (AvgIpc) is 3.09. The molecule has 2 fully saturated rings. The van der Waals surface area contributed by atoms with Gasteiger partial charge in [0.1, 0.15) is 5.02 Å². The Morgan fingerprint density at radius 3 is 2.77 bits per heavy atom. The van der Waals surface area contributed by atoms with Crippen molar-refractivity contribution in [2.45, 2.75) is 38.6 Å². The molecule has 5 nitrogen and oxygen atoms in total. The summed E-state index contributed by atoms with van der Waals surface area (Å²) < 4.78 is 0. The standard InChI is InChI=1S/C16H19ClN2O3/c1-9(13-7-10-2-3-11(13)6-10)18-16(20)12-4-5-14(17)15(8-12)19(21)22/h4-5,8-11,13H,2-3,6-7H2,1H3,(H,18,20)/t9-,10+,11+,13-/m0/s1. The molecule has 0 radical (unpaired) electrons. The van der Waals surface area contributed by atoms with Crippen LogP contribution in [0.1, 0.15) is 43.0 Å². The van der Waals surface area contributed by atoms with E-state index in [1.54, 1.807) is 0 Å². The van der Waals surface area contributed by atoms with Crippen LogP contribution in [0.3, 0.4) is 0 Å². The summed E-state index contributed by atoms with van der Waals surface area (Å²) in [6.07, 6.45) is 5.07. The van der Waals surface area contributed by atoms with Gasteiger partial charge in [0.15, 0.2) is 0 Å². The van der Waals surface area contributed by atoms with Crippen LogP contribution in [0.25, 0.3) is 0 Å². The molecule has 0 saturated heterocycles. The largest absolute Gasteiger partial charge is 0.349 e. The number of rotatable bonds is 4. The van der Waals surface area contributed by atoms with E-state index in [4.69, 9.17) is 11.6 Å². The second kappa shape index (κ2) is 5.88. The van der Waals surface area contributed by atoms with E-state index in [0.717, 1.165) is 11.8 Å². The van der Waals surface area contributed by atoms with Crippen molar-refractivity contribution in [3.05, 3.63) is 38.9 Å². The number of amides is 1. The van der Waals surface area contributed by atoms with Crippen LogP contribution in [0.15, 0.2) is 18.2 Å². The van der Waals surface area contributed by atoms with Crippen molar-refractivity contribution in [1.29, 1.82) is 0 Å². The van der Waals surface area contributed by atoms with E-state index in [2.05, 4.69) is 5.32 Å². The maximum absolute atomic E-state index is 12.3. The van der Waals surface area contributed by atoms with Crippen LogP contribution in [0.2, 0.25) is 5.02 Å². The van der Waals surface area contributed by atoms with Gasteiger partial charge in [-0.1, -0.05) is 18.0 Å². The first-order chi connectivity index (χ1) is 10.5. The van der Waals surface area contributed by atoms with E-state index in [1.165, 1.54) is 43.9 Å². The molecule has 0 unspecified atom stereocenters. The Labute approximate surface area is 134 Å². The SMILES string of the molecule is C[C@H](NC(=O)c1ccc(Cl)c([N+](=O)[O-])c1)[C@@H]1C[C@@H]2CC[C@@H]1C2. The number of nitro groups is 1. The van der Waals surface area contributed by atoms with E-state index in [9.17, 15) is 14.9 Å². The van der Waals surface area contributed by atoms with E-state index in [1.807, 2.05) is 6.92 Å². The third-order valence-electron chi connectivity index (χ3n) is 5.20. The van der Waals surface area contributed by atoms with Gasteiger partial charge in [-0.15, -0.1) is 0 Å². The van der Waals surface area contributed by atoms with Crippen molar-refractivity contribution in [1.82, 2.24) is 5.32 Å². The molecule has 118 valence electrons. The maximum Gasteiger partial charge on any atom is 0.288 e. The fourth-order valence-corrected chi connectivity index (χ4v) is 4.28. The minimum atomic E-state index is -0.571. The number of benzene rings is 1. The van der Waals surface area contributed by atoms with Gasteiger partial charge in [-0.25, -0.2) is 0 Å². The lowest BCUT2D eigenvalue weighted by Crippen LogP contribution is -2.40. The molecule has 6 heteroatoms. The van der Waals surface area contributed by atoms with E-state index in [-0.39, 0.29) is 28.2 Å². The molecule has 2 aliphatic rings. The van der Waals surface area contributed by atoms with Gasteiger partial charge in [0.2, 0.25) is 0 Å². The average molecular weight is 323 g/mol. The van der Waals surface area contributed by atoms with Crippen LogP contribution in [0.4, 0.5) is 5.69 Å². The third kappa shape index (κ3) is 2.82. The Morgan fingerprint density at radius 1 is 1.41 bits per heavy atom. The highest BCUT2D eigenvalue weighted by molar-refractivity contribution is 6.32. The zero-order valence-electron chi connectivity index (χ0n) is 12.4. The van der Waals surface area contributed by atoms with Gasteiger partial charge in [0.25, 0.3) is 11.6 Å². The van der Waals surface area contributed by atoms with Crippen LogP contribution in [0, 0.1) is 27.9 Å². The molecular formula is C16H19ClN2O3. The number of carbonyl (C=O) groups is 1. The smallest absolute Gasteiger partial charge is 0.288 e. The van der Waals surface area contributed by atoms with Crippen LogP contribution < -0.4 is 5.32 Å². The van der Waals surface area contributed by atoms with Gasteiger partial charge < -0.3 is 5.32 Å². The Bertz CT molecular complexity index is 619. The number of carbonyl (C=O) groups excluding carboxylic acids is 1. The number of hydrogen-bond acceptors (Lipinski definition) is 3. The lowest BCUT2D eigenvalue weighted by atomic mass is 9.84. The molecular weight excluding hydrogens is 304 g/mol. The van der Waals surface area contributed by atoms with Gasteiger partial charge in [-0.2, -0.15) is 0 Å². The van der Waals surface area contributed by atoms with Crippen LogP contribution in [0.5, 0.6) is 0 Å². The van der Waals surface area contributed by atoms with E-state index >= 15 is 0 Å². The summed E-state index contributed by atoms with van der Waals surface area (Å²) in [7, 11) is 0. The predicted molar refractivity (Wildman–Crippen MR) is 84.0 cm³/mol. The number of nitrogens with one attached hydrogen (secondary N) is 1. The number of nitrogens with zero attached hydrogens (tertiary/aromatic N) is 1. The number of hydrogen-bond donors (Lipinski definition) is 1. The Morgan fingerprint density at radius 2 is 2.18 bits per heavy atom. The molecule has 22 heavy (non-hydrogen) atoms. The topological polar surface area (TPSA) is 72.2 Å². The maximum atomic E-state index is 12.3. The molecule has 0 spiro atoms. The van der Waals surface area contributed by atoms with Crippen molar-refractivity contribution in [3.8, 4) is 0 Å². The Kier molecular flexibility index (Phi) is 4.08. The third-order valence-corrected chi connectivity index (χ3v) is 5.52. The fraction of sp³-hybridized carbons (Fsp3) is 0.562. The van der Waals surface area contributed by atoms with Gasteiger partial charge in [0.05, 0.1) is 4.92 Å². The second-order valence-corrected chi connectivity index (χ2v) is 6.93. The summed E-state index contributed by atoms with van der Waals surface area (Å²) in [4.78, 5) is 22.7. The summed E-state index contributed by atoms with van der Waals surface area (Å²) in [5.41, 5.74) is 0.0491. The van der Waals surface area contributed by atoms with Crippen molar-refractivity contribution < 1.29 is 9.72 Å². The predicted octanol–water partition coefficient (Wildman–Crippen LogP) is 3.80. The summed E-state index contributed by atoms with van der Waals surface area (Å²) in [6.45, 7) is 2.04. The molecule has 4 atom stereocenters. The van der Waals surface area contributed by atoms with Crippen molar-refractivity contribution in [3.63, 3.8) is 0 Å². The lowest BCUT2D eigenvalue weighted by molar-refractivity contribution is -0.384. The fourth-order valence-electron chi connectivity index (χ4n) is 4.10. The van der Waals surface area contributed by atoms with Crippen molar-refractivity contribution in [2.75, 3.05) is 0 Å². The normalized spacial score (nSPS) is 27.6. The molecule has 2 bridgehead atoms. The number of nitro benzene ring substituents is 1. The molecule has 0 heterocycles. The van der Waals surface area contributed by atoms with Gasteiger partial charge >= 0.3 is 0 Å². The summed E-state index contributed by atoms with van der Waals surface area (Å²) in [5, 5.41) is 14.0. The van der Waals surface area contributed by atoms with Crippen LogP contribution in [-0.4, -0.2) is 16.9 Å². The number of halogens is 1. The molecule has 1 N–H and O–H groups in total. The summed E-state index contributed by atoms with van der Waals surface area (Å²) >= 11 is 5.77. The molecule has 1 aromatic rings. The van der Waals surface area contributed by atoms with Gasteiger partial charge in [-0.05, 0) is 56.1 Å².